The lowest BCUT2D eigenvalue weighted by atomic mass is 11.0. The molecule has 0 aromatic carbocycles. The van der Waals surface area contributed by atoms with E-state index < -0.39 is 16.5 Å². The first-order chi connectivity index (χ1) is 6.21. The minimum Gasteiger partial charge on any atom is -0.253 e. The number of hydrogen-bond donors (Lipinski definition) is 0. The summed E-state index contributed by atoms with van der Waals surface area (Å²) in [5.74, 6) is 0. The molecule has 4 nitrogen and oxygen atoms in total. The topological polar surface area (TPSA) is 56.3 Å². The largest absolute Gasteiger partial charge is 0.537 e. The van der Waals surface area contributed by atoms with Crippen molar-refractivity contribution in [3.8, 4) is 0 Å². The molecular weight excluding hydrogens is 243 g/mol. The second kappa shape index (κ2) is 5.27. The summed E-state index contributed by atoms with van der Waals surface area (Å²) in [5, 5.41) is 1.93. The summed E-state index contributed by atoms with van der Waals surface area (Å²) >= 11 is 1.60. The normalized spacial score (nSPS) is 11.7. The van der Waals surface area contributed by atoms with Crippen LogP contribution in [0.15, 0.2) is 17.1 Å². The molecule has 0 aliphatic carbocycles. The third kappa shape index (κ3) is 11.3. The van der Waals surface area contributed by atoms with E-state index in [4.69, 9.17) is 0 Å². The van der Waals surface area contributed by atoms with Crippen molar-refractivity contribution in [1.82, 2.24) is 4.98 Å². The van der Waals surface area contributed by atoms with Gasteiger partial charge in [-0.3, -0.25) is 4.98 Å². The highest BCUT2D eigenvalue weighted by atomic mass is 32.2. The summed E-state index contributed by atoms with van der Waals surface area (Å²) < 4.78 is 54.9. The highest BCUT2D eigenvalue weighted by molar-refractivity contribution is 7.86. The van der Waals surface area contributed by atoms with Crippen LogP contribution in [0, 0.1) is 0 Å². The Morgan fingerprint density at radius 1 is 1.43 bits per heavy atom. The Bertz CT molecular complexity index is 314. The highest BCUT2D eigenvalue weighted by Gasteiger charge is 2.34. The van der Waals surface area contributed by atoms with Crippen molar-refractivity contribution in [2.24, 2.45) is 0 Å². The lowest BCUT2D eigenvalue weighted by Gasteiger charge is -2.01. The van der Waals surface area contributed by atoms with E-state index in [0.29, 0.717) is 6.26 Å². The van der Waals surface area contributed by atoms with Crippen LogP contribution in [-0.4, -0.2) is 26.0 Å². The first kappa shape index (κ1) is 13.3. The van der Waals surface area contributed by atoms with Crippen molar-refractivity contribution < 1.29 is 25.8 Å². The Kier molecular flexibility index (Phi) is 5.02. The minimum atomic E-state index is -5.10. The molecule has 0 aliphatic rings. The molecule has 9 heteroatoms. The van der Waals surface area contributed by atoms with Gasteiger partial charge in [-0.05, 0) is 0 Å². The maximum absolute atomic E-state index is 11.0. The van der Waals surface area contributed by atoms with E-state index in [9.17, 15) is 21.6 Å². The molecular formula is C5H6F3NO3S2. The number of nitrogens with zero attached hydrogens (tertiary/aromatic N) is 1. The Labute approximate surface area is 82.5 Å². The van der Waals surface area contributed by atoms with Gasteiger partial charge in [0.1, 0.15) is 0 Å². The average molecular weight is 249 g/mol. The van der Waals surface area contributed by atoms with Crippen LogP contribution in [-0.2, 0) is 14.3 Å². The molecule has 0 amide bonds. The van der Waals surface area contributed by atoms with Crippen molar-refractivity contribution >= 4 is 21.5 Å². The van der Waals surface area contributed by atoms with Gasteiger partial charge in [0.25, 0.3) is 10.1 Å². The summed E-state index contributed by atoms with van der Waals surface area (Å²) in [5.41, 5.74) is 1.79. The maximum atomic E-state index is 11.0. The fraction of sp³-hybridized carbons (Fsp3) is 0.400. The maximum Gasteiger partial charge on any atom is 0.537 e. The molecule has 0 unspecified atom stereocenters. The van der Waals surface area contributed by atoms with Crippen LogP contribution in [0.3, 0.4) is 0 Å². The summed E-state index contributed by atoms with van der Waals surface area (Å²) in [6.07, 6.45) is -3.02. The van der Waals surface area contributed by atoms with E-state index in [1.807, 2.05) is 5.38 Å². The molecule has 0 atom stereocenters. The number of alkyl halides is 3. The van der Waals surface area contributed by atoms with Gasteiger partial charge in [-0.15, -0.1) is 24.5 Å². The van der Waals surface area contributed by atoms with Crippen molar-refractivity contribution in [1.29, 1.82) is 0 Å². The highest BCUT2D eigenvalue weighted by Crippen LogP contribution is 2.18. The lowest BCUT2D eigenvalue weighted by Crippen LogP contribution is -2.18. The van der Waals surface area contributed by atoms with E-state index in [1.54, 1.807) is 23.0 Å². The first-order valence-corrected chi connectivity index (χ1v) is 5.76. The van der Waals surface area contributed by atoms with Gasteiger partial charge in [-0.25, -0.2) is 0 Å². The van der Waals surface area contributed by atoms with Crippen LogP contribution in [0.25, 0.3) is 0 Å². The van der Waals surface area contributed by atoms with E-state index in [-0.39, 0.29) is 0 Å². The first-order valence-electron chi connectivity index (χ1n) is 3.00. The van der Waals surface area contributed by atoms with Crippen LogP contribution >= 0.6 is 11.3 Å². The number of aromatic nitrogens is 1. The van der Waals surface area contributed by atoms with E-state index in [1.165, 1.54) is 0 Å². The summed E-state index contributed by atoms with van der Waals surface area (Å²) in [6.45, 7) is 0. The molecule has 1 aromatic rings. The predicted molar refractivity (Wildman–Crippen MR) is 44.1 cm³/mol. The Hall–Kier alpha value is -0.670. The second-order valence-electron chi connectivity index (χ2n) is 1.91. The number of hydrogen-bond acceptors (Lipinski definition) is 5. The molecule has 1 heterocycles. The third-order valence-corrected chi connectivity index (χ3v) is 1.61. The summed E-state index contributed by atoms with van der Waals surface area (Å²) in [6, 6.07) is 0. The number of rotatable bonds is 1. The van der Waals surface area contributed by atoms with Crippen LogP contribution in [0.1, 0.15) is 0 Å². The fourth-order valence-corrected chi connectivity index (χ4v) is 1.04. The van der Waals surface area contributed by atoms with Gasteiger partial charge in [0.15, 0.2) is 0 Å². The van der Waals surface area contributed by atoms with Gasteiger partial charge in [-0.2, -0.15) is 12.6 Å². The van der Waals surface area contributed by atoms with Crippen LogP contribution in [0.4, 0.5) is 13.2 Å². The van der Waals surface area contributed by atoms with Gasteiger partial charge in [0.2, 0.25) is 0 Å². The van der Waals surface area contributed by atoms with Gasteiger partial charge >= 0.3 is 6.36 Å². The SMILES string of the molecule is CS(=O)(=O)OC(F)(F)F.c1cscn1. The van der Waals surface area contributed by atoms with Gasteiger partial charge in [0.05, 0.1) is 11.8 Å². The number of thiazole rings is 1. The fourth-order valence-electron chi connectivity index (χ4n) is 0.347. The van der Waals surface area contributed by atoms with Gasteiger partial charge in [0, 0.05) is 11.6 Å². The molecule has 0 saturated heterocycles. The molecule has 0 radical (unpaired) electrons. The standard InChI is InChI=1S/C3H3NS.C2H3F3O3S/c1-2-5-3-4-1;1-9(6,7)8-2(3,4)5/h1-3H;1H3. The van der Waals surface area contributed by atoms with Gasteiger partial charge < -0.3 is 0 Å². The van der Waals surface area contributed by atoms with Crippen molar-refractivity contribution in [3.05, 3.63) is 17.1 Å². The molecule has 0 fully saturated rings. The quantitative estimate of drug-likeness (QED) is 0.710. The third-order valence-electron chi connectivity index (χ3n) is 0.593. The molecule has 0 spiro atoms. The minimum absolute atomic E-state index is 0.320. The zero-order chi connectivity index (χ0) is 11.2. The summed E-state index contributed by atoms with van der Waals surface area (Å²) in [7, 11) is -4.41. The molecule has 0 N–H and O–H groups in total. The van der Waals surface area contributed by atoms with Crippen molar-refractivity contribution in [2.75, 3.05) is 6.26 Å². The Morgan fingerprint density at radius 3 is 2.07 bits per heavy atom. The van der Waals surface area contributed by atoms with Crippen molar-refractivity contribution in [3.63, 3.8) is 0 Å². The second-order valence-corrected chi connectivity index (χ2v) is 4.24. The molecule has 0 saturated carbocycles. The molecule has 1 aromatic heterocycles. The zero-order valence-electron chi connectivity index (χ0n) is 6.85. The van der Waals surface area contributed by atoms with Crippen LogP contribution in [0.5, 0.6) is 0 Å². The molecule has 1 rings (SSSR count). The molecule has 14 heavy (non-hydrogen) atoms. The van der Waals surface area contributed by atoms with Crippen LogP contribution < -0.4 is 0 Å². The Balaban J connectivity index is 0.000000280. The van der Waals surface area contributed by atoms with Gasteiger partial charge in [-0.1, -0.05) is 0 Å². The smallest absolute Gasteiger partial charge is 0.253 e. The zero-order valence-corrected chi connectivity index (χ0v) is 8.49. The Morgan fingerprint density at radius 2 is 2.00 bits per heavy atom. The average Bonchev–Trinajstić information content (AvgIpc) is 2.29. The summed E-state index contributed by atoms with van der Waals surface area (Å²) in [4.78, 5) is 3.74. The van der Waals surface area contributed by atoms with Crippen LogP contribution in [0.2, 0.25) is 0 Å². The van der Waals surface area contributed by atoms with E-state index in [2.05, 4.69) is 9.17 Å². The van der Waals surface area contributed by atoms with Crippen molar-refractivity contribution in [2.45, 2.75) is 6.36 Å². The molecule has 0 aliphatic heterocycles. The van der Waals surface area contributed by atoms with E-state index in [0.717, 1.165) is 0 Å². The van der Waals surface area contributed by atoms with E-state index >= 15 is 0 Å². The molecule has 82 valence electrons. The molecule has 0 bridgehead atoms. The monoisotopic (exact) mass is 249 g/mol. The lowest BCUT2D eigenvalue weighted by molar-refractivity contribution is -0.271. The predicted octanol–water partition coefficient (Wildman–Crippen LogP) is 1.63. The number of halogens is 3.